The Morgan fingerprint density at radius 3 is 2.53 bits per heavy atom. The van der Waals surface area contributed by atoms with Gasteiger partial charge in [0.2, 0.25) is 0 Å². The summed E-state index contributed by atoms with van der Waals surface area (Å²) in [4.78, 5) is 12.0. The van der Waals surface area contributed by atoms with Gasteiger partial charge < -0.3 is 14.8 Å². The molecule has 1 heterocycles. The van der Waals surface area contributed by atoms with Gasteiger partial charge in [0.15, 0.2) is 0 Å². The molecule has 0 atom stereocenters. The first-order valence-corrected chi connectivity index (χ1v) is 6.27. The lowest BCUT2D eigenvalue weighted by atomic mass is 10.1. The van der Waals surface area contributed by atoms with Gasteiger partial charge in [0.1, 0.15) is 5.76 Å². The van der Waals surface area contributed by atoms with E-state index in [1.165, 1.54) is 6.26 Å². The van der Waals surface area contributed by atoms with Crippen LogP contribution in [-0.2, 0) is 19.6 Å². The van der Waals surface area contributed by atoms with Crippen molar-refractivity contribution in [2.75, 3.05) is 0 Å². The number of rotatable bonds is 5. The van der Waals surface area contributed by atoms with E-state index in [2.05, 4.69) is 5.32 Å². The van der Waals surface area contributed by atoms with Crippen molar-refractivity contribution in [3.8, 4) is 0 Å². The summed E-state index contributed by atoms with van der Waals surface area (Å²) >= 11 is 0. The maximum atomic E-state index is 12.0. The lowest BCUT2D eigenvalue weighted by molar-refractivity contribution is 0.0949. The molecular weight excluding hydrogens is 242 g/mol. The molecule has 0 aliphatic carbocycles. The highest BCUT2D eigenvalue weighted by Gasteiger charge is 2.12. The second-order valence-electron chi connectivity index (χ2n) is 4.27. The van der Waals surface area contributed by atoms with E-state index in [0.29, 0.717) is 24.3 Å². The molecule has 0 bridgehead atoms. The molecule has 0 unspecified atom stereocenters. The highest BCUT2D eigenvalue weighted by molar-refractivity contribution is 5.95. The van der Waals surface area contributed by atoms with Crippen LogP contribution in [0.5, 0.6) is 0 Å². The number of aryl methyl sites for hydroxylation is 1. The van der Waals surface area contributed by atoms with Gasteiger partial charge in [-0.05, 0) is 17.2 Å². The summed E-state index contributed by atoms with van der Waals surface area (Å²) in [6.07, 6.45) is 2.23. The summed E-state index contributed by atoms with van der Waals surface area (Å²) in [6.45, 7) is 2.43. The average molecular weight is 259 g/mol. The van der Waals surface area contributed by atoms with Crippen molar-refractivity contribution in [3.05, 3.63) is 59.0 Å². The van der Waals surface area contributed by atoms with E-state index in [4.69, 9.17) is 9.52 Å². The van der Waals surface area contributed by atoms with Crippen LogP contribution in [0.25, 0.3) is 0 Å². The van der Waals surface area contributed by atoms with Crippen molar-refractivity contribution >= 4 is 5.91 Å². The first-order valence-electron chi connectivity index (χ1n) is 6.27. The predicted octanol–water partition coefficient (Wildman–Crippen LogP) is 2.26. The zero-order valence-corrected chi connectivity index (χ0v) is 10.8. The number of aliphatic hydroxyl groups is 1. The fourth-order valence-corrected chi connectivity index (χ4v) is 1.86. The molecule has 4 heteroatoms. The molecule has 1 aromatic carbocycles. The zero-order chi connectivity index (χ0) is 13.7. The molecule has 1 amide bonds. The second kappa shape index (κ2) is 6.20. The first-order chi connectivity index (χ1) is 9.24. The van der Waals surface area contributed by atoms with Crippen molar-refractivity contribution in [1.29, 1.82) is 0 Å². The first kappa shape index (κ1) is 13.4. The number of carbonyl (C=O) groups is 1. The molecule has 0 saturated carbocycles. The molecule has 100 valence electrons. The molecule has 0 saturated heterocycles. The third-order valence-corrected chi connectivity index (χ3v) is 2.97. The summed E-state index contributed by atoms with van der Waals surface area (Å²) in [7, 11) is 0. The summed E-state index contributed by atoms with van der Waals surface area (Å²) in [6, 6.07) is 9.15. The van der Waals surface area contributed by atoms with Crippen molar-refractivity contribution in [2.24, 2.45) is 0 Å². The van der Waals surface area contributed by atoms with Crippen molar-refractivity contribution in [3.63, 3.8) is 0 Å². The molecule has 1 aromatic heterocycles. The molecule has 2 aromatic rings. The minimum absolute atomic E-state index is 0.0293. The van der Waals surface area contributed by atoms with Crippen LogP contribution >= 0.6 is 0 Å². The highest BCUT2D eigenvalue weighted by Crippen LogP contribution is 2.11. The summed E-state index contributed by atoms with van der Waals surface area (Å²) in [5.74, 6) is 0.574. The fourth-order valence-electron chi connectivity index (χ4n) is 1.86. The standard InChI is InChI=1S/C15H17NO3/c1-2-14-13(7-8-19-14)15(18)16-9-11-3-5-12(10-17)6-4-11/h3-8,17H,2,9-10H2,1H3,(H,16,18). The highest BCUT2D eigenvalue weighted by atomic mass is 16.3. The Bertz CT molecular complexity index is 543. The Hall–Kier alpha value is -2.07. The van der Waals surface area contributed by atoms with Crippen molar-refractivity contribution in [2.45, 2.75) is 26.5 Å². The van der Waals surface area contributed by atoms with Gasteiger partial charge in [-0.2, -0.15) is 0 Å². The van der Waals surface area contributed by atoms with Gasteiger partial charge in [-0.15, -0.1) is 0 Å². The average Bonchev–Trinajstić information content (AvgIpc) is 2.93. The number of hydrogen-bond donors (Lipinski definition) is 2. The quantitative estimate of drug-likeness (QED) is 0.865. The SMILES string of the molecule is CCc1occc1C(=O)NCc1ccc(CO)cc1. The third-order valence-electron chi connectivity index (χ3n) is 2.97. The van der Waals surface area contributed by atoms with E-state index < -0.39 is 0 Å². The van der Waals surface area contributed by atoms with Crippen LogP contribution in [0.15, 0.2) is 41.0 Å². The van der Waals surface area contributed by atoms with Crippen molar-refractivity contribution < 1.29 is 14.3 Å². The van der Waals surface area contributed by atoms with Gasteiger partial charge in [0.25, 0.3) is 5.91 Å². The van der Waals surface area contributed by atoms with Crippen LogP contribution in [-0.4, -0.2) is 11.0 Å². The van der Waals surface area contributed by atoms with Crippen LogP contribution in [0.2, 0.25) is 0 Å². The van der Waals surface area contributed by atoms with Crippen LogP contribution < -0.4 is 5.32 Å². The lowest BCUT2D eigenvalue weighted by Gasteiger charge is -2.05. The predicted molar refractivity (Wildman–Crippen MR) is 71.6 cm³/mol. The number of benzene rings is 1. The van der Waals surface area contributed by atoms with Gasteiger partial charge in [0, 0.05) is 13.0 Å². The lowest BCUT2D eigenvalue weighted by Crippen LogP contribution is -2.23. The van der Waals surface area contributed by atoms with Gasteiger partial charge in [0.05, 0.1) is 18.4 Å². The number of amides is 1. The normalized spacial score (nSPS) is 10.4. The maximum absolute atomic E-state index is 12.0. The molecule has 0 radical (unpaired) electrons. The van der Waals surface area contributed by atoms with Gasteiger partial charge in [-0.25, -0.2) is 0 Å². The van der Waals surface area contributed by atoms with Gasteiger partial charge >= 0.3 is 0 Å². The molecule has 2 N–H and O–H groups in total. The maximum Gasteiger partial charge on any atom is 0.255 e. The minimum atomic E-state index is -0.128. The molecule has 0 aliphatic rings. The Balaban J connectivity index is 1.96. The smallest absolute Gasteiger partial charge is 0.255 e. The van der Waals surface area contributed by atoms with E-state index in [1.807, 2.05) is 31.2 Å². The number of hydrogen-bond acceptors (Lipinski definition) is 3. The zero-order valence-electron chi connectivity index (χ0n) is 10.8. The summed E-state index contributed by atoms with van der Waals surface area (Å²) < 4.78 is 5.23. The van der Waals surface area contributed by atoms with E-state index in [1.54, 1.807) is 6.07 Å². The summed E-state index contributed by atoms with van der Waals surface area (Å²) in [5, 5.41) is 11.8. The molecule has 4 nitrogen and oxygen atoms in total. The van der Waals surface area contributed by atoms with Gasteiger partial charge in [-0.1, -0.05) is 31.2 Å². The van der Waals surface area contributed by atoms with Crippen LogP contribution in [0, 0.1) is 0 Å². The number of carbonyl (C=O) groups excluding carboxylic acids is 1. The third kappa shape index (κ3) is 3.23. The van der Waals surface area contributed by atoms with Crippen LogP contribution in [0.3, 0.4) is 0 Å². The Kier molecular flexibility index (Phi) is 4.36. The molecule has 0 aliphatic heterocycles. The van der Waals surface area contributed by atoms with Crippen molar-refractivity contribution in [1.82, 2.24) is 5.32 Å². The summed E-state index contributed by atoms with van der Waals surface area (Å²) in [5.41, 5.74) is 2.44. The minimum Gasteiger partial charge on any atom is -0.469 e. The molecule has 19 heavy (non-hydrogen) atoms. The van der Waals surface area contributed by atoms with E-state index >= 15 is 0 Å². The van der Waals surface area contributed by atoms with Gasteiger partial charge in [-0.3, -0.25) is 4.79 Å². The Labute approximate surface area is 112 Å². The largest absolute Gasteiger partial charge is 0.469 e. The van der Waals surface area contributed by atoms with E-state index in [9.17, 15) is 4.79 Å². The van der Waals surface area contributed by atoms with Crippen LogP contribution in [0.1, 0.15) is 34.2 Å². The number of aliphatic hydroxyl groups excluding tert-OH is 1. The molecule has 2 rings (SSSR count). The number of nitrogens with one attached hydrogen (secondary N) is 1. The molecular formula is C15H17NO3. The monoisotopic (exact) mass is 259 g/mol. The molecule has 0 spiro atoms. The second-order valence-corrected chi connectivity index (χ2v) is 4.27. The Morgan fingerprint density at radius 1 is 1.21 bits per heavy atom. The fraction of sp³-hybridized carbons (Fsp3) is 0.267. The Morgan fingerprint density at radius 2 is 1.89 bits per heavy atom. The van der Waals surface area contributed by atoms with E-state index in [-0.39, 0.29) is 12.5 Å². The van der Waals surface area contributed by atoms with E-state index in [0.717, 1.165) is 11.1 Å². The topological polar surface area (TPSA) is 62.5 Å². The van der Waals surface area contributed by atoms with Crippen LogP contribution in [0.4, 0.5) is 0 Å². The number of furan rings is 1. The molecule has 0 fully saturated rings.